The lowest BCUT2D eigenvalue weighted by molar-refractivity contribution is -0.231. The summed E-state index contributed by atoms with van der Waals surface area (Å²) in [7, 11) is 0. The maximum Gasteiger partial charge on any atom is 0.401 e. The molecule has 0 fully saturated rings. The zero-order chi connectivity index (χ0) is 12.7. The molecular weight excluding hydrogens is 205 g/mol. The second kappa shape index (κ2) is 3.80. The quantitative estimate of drug-likeness (QED) is 0.696. The number of ketones is 1. The van der Waals surface area contributed by atoms with Crippen LogP contribution in [0.1, 0.15) is 41.5 Å². The van der Waals surface area contributed by atoms with Gasteiger partial charge in [0.2, 0.25) is 0 Å². The highest BCUT2D eigenvalue weighted by Crippen LogP contribution is 2.48. The van der Waals surface area contributed by atoms with Crippen LogP contribution in [0.25, 0.3) is 0 Å². The summed E-state index contributed by atoms with van der Waals surface area (Å²) in [6, 6.07) is 0. The summed E-state index contributed by atoms with van der Waals surface area (Å²) in [4.78, 5) is 11.9. The Balaban J connectivity index is 5.44. The van der Waals surface area contributed by atoms with Crippen molar-refractivity contribution in [1.82, 2.24) is 0 Å². The maximum atomic E-state index is 12.9. The minimum absolute atomic E-state index is 0.752. The van der Waals surface area contributed by atoms with E-state index in [1.165, 1.54) is 34.6 Å². The van der Waals surface area contributed by atoms with Gasteiger partial charge >= 0.3 is 6.18 Å². The van der Waals surface area contributed by atoms with Gasteiger partial charge in [-0.25, -0.2) is 0 Å². The van der Waals surface area contributed by atoms with E-state index in [1.54, 1.807) is 0 Å². The molecule has 0 heterocycles. The number of alkyl halides is 3. The van der Waals surface area contributed by atoms with Crippen molar-refractivity contribution in [2.24, 2.45) is 16.7 Å². The van der Waals surface area contributed by atoms with E-state index in [2.05, 4.69) is 0 Å². The predicted molar refractivity (Wildman–Crippen MR) is 53.5 cm³/mol. The number of carbonyl (C=O) groups excluding carboxylic acids is 1. The average molecular weight is 224 g/mol. The number of halogens is 3. The number of Topliss-reactive ketones (excluding diaryl/α,β-unsaturated/α-hetero) is 1. The van der Waals surface area contributed by atoms with Crippen LogP contribution < -0.4 is 0 Å². The van der Waals surface area contributed by atoms with Gasteiger partial charge in [0.25, 0.3) is 0 Å². The first-order chi connectivity index (χ1) is 6.35. The first-order valence-corrected chi connectivity index (χ1v) is 4.96. The van der Waals surface area contributed by atoms with Crippen LogP contribution >= 0.6 is 0 Å². The molecule has 1 atom stereocenters. The molecular formula is C11H19F3O. The highest BCUT2D eigenvalue weighted by atomic mass is 19.4. The summed E-state index contributed by atoms with van der Waals surface area (Å²) in [5.41, 5.74) is -3.24. The van der Waals surface area contributed by atoms with Crippen LogP contribution in [-0.4, -0.2) is 12.0 Å². The largest absolute Gasteiger partial charge is 0.401 e. The van der Waals surface area contributed by atoms with E-state index >= 15 is 0 Å². The summed E-state index contributed by atoms with van der Waals surface area (Å²) < 4.78 is 38.7. The molecule has 90 valence electrons. The summed E-state index contributed by atoms with van der Waals surface area (Å²) >= 11 is 0. The van der Waals surface area contributed by atoms with Crippen LogP contribution in [0.5, 0.6) is 0 Å². The molecule has 0 rings (SSSR count). The van der Waals surface area contributed by atoms with Crippen molar-refractivity contribution in [1.29, 1.82) is 0 Å². The molecule has 1 unspecified atom stereocenters. The van der Waals surface area contributed by atoms with Crippen molar-refractivity contribution >= 4 is 5.78 Å². The van der Waals surface area contributed by atoms with Crippen LogP contribution in [0.4, 0.5) is 13.2 Å². The molecule has 0 spiro atoms. The lowest BCUT2D eigenvalue weighted by Gasteiger charge is -2.38. The molecule has 0 N–H and O–H groups in total. The molecule has 1 nitrogen and oxygen atoms in total. The zero-order valence-corrected chi connectivity index (χ0v) is 10.1. The first kappa shape index (κ1) is 14.5. The molecule has 15 heavy (non-hydrogen) atoms. The Labute approximate surface area is 89.0 Å². The second-order valence-electron chi connectivity index (χ2n) is 5.43. The molecule has 0 radical (unpaired) electrons. The SMILES string of the molecule is CC(C)C(C)(C(=O)C(C)(C)C)C(F)(F)F. The van der Waals surface area contributed by atoms with Crippen molar-refractivity contribution in [3.05, 3.63) is 0 Å². The van der Waals surface area contributed by atoms with Gasteiger partial charge < -0.3 is 0 Å². The number of hydrogen-bond donors (Lipinski definition) is 0. The van der Waals surface area contributed by atoms with Crippen molar-refractivity contribution in [3.63, 3.8) is 0 Å². The van der Waals surface area contributed by atoms with Crippen molar-refractivity contribution < 1.29 is 18.0 Å². The van der Waals surface area contributed by atoms with E-state index in [9.17, 15) is 18.0 Å². The average Bonchev–Trinajstić information content (AvgIpc) is 1.97. The molecule has 0 aromatic heterocycles. The van der Waals surface area contributed by atoms with Crippen molar-refractivity contribution in [2.45, 2.75) is 47.7 Å². The Kier molecular flexibility index (Phi) is 3.66. The topological polar surface area (TPSA) is 17.1 Å². The summed E-state index contributed by atoms with van der Waals surface area (Å²) in [6.07, 6.45) is -4.49. The minimum Gasteiger partial charge on any atom is -0.298 e. The third kappa shape index (κ3) is 2.52. The van der Waals surface area contributed by atoms with E-state index in [0.717, 1.165) is 6.92 Å². The fourth-order valence-corrected chi connectivity index (χ4v) is 1.50. The van der Waals surface area contributed by atoms with E-state index in [4.69, 9.17) is 0 Å². The third-order valence-corrected chi connectivity index (χ3v) is 2.90. The molecule has 0 aliphatic rings. The first-order valence-electron chi connectivity index (χ1n) is 4.96. The predicted octanol–water partition coefficient (Wildman–Crippen LogP) is 3.83. The molecule has 0 amide bonds. The highest BCUT2D eigenvalue weighted by molar-refractivity contribution is 5.90. The van der Waals surface area contributed by atoms with E-state index in [1.807, 2.05) is 0 Å². The Morgan fingerprint density at radius 3 is 1.40 bits per heavy atom. The molecule has 0 saturated carbocycles. The van der Waals surface area contributed by atoms with Gasteiger partial charge in [0.05, 0.1) is 0 Å². The molecule has 0 aromatic rings. The van der Waals surface area contributed by atoms with Crippen molar-refractivity contribution in [3.8, 4) is 0 Å². The Morgan fingerprint density at radius 1 is 1.00 bits per heavy atom. The van der Waals surface area contributed by atoms with Gasteiger partial charge in [-0.05, 0) is 12.8 Å². The molecule has 0 aliphatic heterocycles. The van der Waals surface area contributed by atoms with Gasteiger partial charge in [0.15, 0.2) is 5.78 Å². The van der Waals surface area contributed by atoms with Crippen LogP contribution in [0.2, 0.25) is 0 Å². The number of hydrogen-bond acceptors (Lipinski definition) is 1. The molecule has 0 aromatic carbocycles. The van der Waals surface area contributed by atoms with Crippen LogP contribution in [0.3, 0.4) is 0 Å². The zero-order valence-electron chi connectivity index (χ0n) is 10.1. The van der Waals surface area contributed by atoms with Gasteiger partial charge in [-0.1, -0.05) is 34.6 Å². The van der Waals surface area contributed by atoms with Gasteiger partial charge in [0, 0.05) is 5.41 Å². The Morgan fingerprint density at radius 2 is 1.33 bits per heavy atom. The molecule has 4 heteroatoms. The number of rotatable bonds is 2. The maximum absolute atomic E-state index is 12.9. The van der Waals surface area contributed by atoms with Crippen molar-refractivity contribution in [2.75, 3.05) is 0 Å². The van der Waals surface area contributed by atoms with Crippen LogP contribution in [0.15, 0.2) is 0 Å². The standard InChI is InChI=1S/C11H19F3O/c1-7(2)10(6,11(12,13)14)8(15)9(3,4)5/h7H,1-6H3. The lowest BCUT2D eigenvalue weighted by Crippen LogP contribution is -2.51. The Hall–Kier alpha value is -0.540. The fraction of sp³-hybridized carbons (Fsp3) is 0.909. The van der Waals surface area contributed by atoms with Gasteiger partial charge in [-0.15, -0.1) is 0 Å². The van der Waals surface area contributed by atoms with Crippen LogP contribution in [0, 0.1) is 16.7 Å². The van der Waals surface area contributed by atoms with Crippen LogP contribution in [-0.2, 0) is 4.79 Å². The monoisotopic (exact) mass is 224 g/mol. The number of carbonyl (C=O) groups is 1. The minimum atomic E-state index is -4.49. The lowest BCUT2D eigenvalue weighted by atomic mass is 9.67. The van der Waals surface area contributed by atoms with Gasteiger partial charge in [-0.2, -0.15) is 13.2 Å². The molecule has 0 bridgehead atoms. The second-order valence-corrected chi connectivity index (χ2v) is 5.43. The third-order valence-electron chi connectivity index (χ3n) is 2.90. The molecule has 0 saturated heterocycles. The normalized spacial score (nSPS) is 17.7. The smallest absolute Gasteiger partial charge is 0.298 e. The fourth-order valence-electron chi connectivity index (χ4n) is 1.50. The van der Waals surface area contributed by atoms with Gasteiger partial charge in [0.1, 0.15) is 5.41 Å². The van der Waals surface area contributed by atoms with E-state index < -0.39 is 28.7 Å². The van der Waals surface area contributed by atoms with E-state index in [-0.39, 0.29) is 0 Å². The summed E-state index contributed by atoms with van der Waals surface area (Å²) in [6.45, 7) is 8.39. The highest BCUT2D eigenvalue weighted by Gasteiger charge is 2.60. The van der Waals surface area contributed by atoms with E-state index in [0.29, 0.717) is 0 Å². The Bertz CT molecular complexity index is 248. The van der Waals surface area contributed by atoms with Gasteiger partial charge in [-0.3, -0.25) is 4.79 Å². The molecule has 0 aliphatic carbocycles. The summed E-state index contributed by atoms with van der Waals surface area (Å²) in [5.74, 6) is -1.51. The summed E-state index contributed by atoms with van der Waals surface area (Å²) in [5, 5.41) is 0.